The molecule has 8 nitrogen and oxygen atoms in total. The Morgan fingerprint density at radius 2 is 1.56 bits per heavy atom. The summed E-state index contributed by atoms with van der Waals surface area (Å²) < 4.78 is 10.6. The van der Waals surface area contributed by atoms with Gasteiger partial charge in [-0.2, -0.15) is 0 Å². The van der Waals surface area contributed by atoms with E-state index in [4.69, 9.17) is 9.79 Å². The monoisotopic (exact) mass is 257 g/mol. The van der Waals surface area contributed by atoms with E-state index in [0.29, 0.717) is 0 Å². The van der Waals surface area contributed by atoms with Crippen molar-refractivity contribution in [2.45, 2.75) is 37.0 Å². The van der Waals surface area contributed by atoms with Crippen LogP contribution in [0.2, 0.25) is 0 Å². The van der Waals surface area contributed by atoms with E-state index in [2.05, 4.69) is 5.32 Å². The second kappa shape index (κ2) is 5.07. The molecule has 1 fully saturated rings. The average molecular weight is 257 g/mol. The SMILES string of the molecule is O=P(O)(O)CC[C@H]1N[C@H](O)[C@@H](O)[C@@H](O)[C@@H]1O. The highest BCUT2D eigenvalue weighted by molar-refractivity contribution is 7.51. The quantitative estimate of drug-likeness (QED) is 0.263. The van der Waals surface area contributed by atoms with Crippen molar-refractivity contribution in [3.8, 4) is 0 Å². The van der Waals surface area contributed by atoms with Crippen molar-refractivity contribution in [3.63, 3.8) is 0 Å². The summed E-state index contributed by atoms with van der Waals surface area (Å²) in [4.78, 5) is 17.3. The molecule has 1 aliphatic rings. The molecule has 9 heteroatoms. The van der Waals surface area contributed by atoms with Gasteiger partial charge in [0.2, 0.25) is 0 Å². The largest absolute Gasteiger partial charge is 0.389 e. The molecular formula is C7H16NO7P. The van der Waals surface area contributed by atoms with Crippen LogP contribution in [0.15, 0.2) is 0 Å². The highest BCUT2D eigenvalue weighted by Crippen LogP contribution is 2.36. The molecule has 0 saturated carbocycles. The van der Waals surface area contributed by atoms with Crippen molar-refractivity contribution in [2.75, 3.05) is 6.16 Å². The minimum atomic E-state index is -4.19. The molecule has 1 heterocycles. The summed E-state index contributed by atoms with van der Waals surface area (Å²) in [6.45, 7) is 0. The van der Waals surface area contributed by atoms with Gasteiger partial charge in [0.1, 0.15) is 18.4 Å². The van der Waals surface area contributed by atoms with Gasteiger partial charge in [-0.05, 0) is 6.42 Å². The van der Waals surface area contributed by atoms with Gasteiger partial charge >= 0.3 is 7.60 Å². The van der Waals surface area contributed by atoms with Gasteiger partial charge in [-0.15, -0.1) is 0 Å². The molecule has 7 N–H and O–H groups in total. The first kappa shape index (κ1) is 14.0. The van der Waals surface area contributed by atoms with Gasteiger partial charge in [-0.3, -0.25) is 9.88 Å². The van der Waals surface area contributed by atoms with Crippen LogP contribution in [0.25, 0.3) is 0 Å². The Balaban J connectivity index is 2.57. The lowest BCUT2D eigenvalue weighted by molar-refractivity contribution is -0.157. The van der Waals surface area contributed by atoms with E-state index in [1.54, 1.807) is 0 Å². The van der Waals surface area contributed by atoms with E-state index in [0.717, 1.165) is 0 Å². The molecule has 0 unspecified atom stereocenters. The molecule has 0 aromatic rings. The number of aliphatic hydroxyl groups is 4. The number of piperidine rings is 1. The summed E-state index contributed by atoms with van der Waals surface area (Å²) in [7, 11) is -4.19. The molecule has 0 aromatic heterocycles. The smallest absolute Gasteiger partial charge is 0.325 e. The minimum Gasteiger partial charge on any atom is -0.389 e. The van der Waals surface area contributed by atoms with Gasteiger partial charge in [0.05, 0.1) is 12.3 Å². The van der Waals surface area contributed by atoms with E-state index >= 15 is 0 Å². The highest BCUT2D eigenvalue weighted by Gasteiger charge is 2.41. The number of rotatable bonds is 3. The maximum atomic E-state index is 10.6. The Labute approximate surface area is 91.7 Å². The molecule has 0 radical (unpaired) electrons. The van der Waals surface area contributed by atoms with Crippen molar-refractivity contribution < 1.29 is 34.8 Å². The molecule has 0 aromatic carbocycles. The van der Waals surface area contributed by atoms with Gasteiger partial charge in [-0.1, -0.05) is 0 Å². The molecule has 0 bridgehead atoms. The number of hydrogen-bond acceptors (Lipinski definition) is 6. The lowest BCUT2D eigenvalue weighted by Crippen LogP contribution is -2.64. The summed E-state index contributed by atoms with van der Waals surface area (Å²) >= 11 is 0. The van der Waals surface area contributed by atoms with E-state index in [-0.39, 0.29) is 6.42 Å². The van der Waals surface area contributed by atoms with Crippen LogP contribution in [0.1, 0.15) is 6.42 Å². The standard InChI is InChI=1S/C7H16NO7P/c9-4-3(1-2-16(13,14)15)8-7(12)6(11)5(4)10/h3-12H,1-2H2,(H2,13,14,15)/t3-,4-,5+,6+,7-/m1/s1. The van der Waals surface area contributed by atoms with Crippen LogP contribution < -0.4 is 5.32 Å². The molecule has 5 atom stereocenters. The first-order valence-corrected chi connectivity index (χ1v) is 6.55. The van der Waals surface area contributed by atoms with Crippen LogP contribution in [0, 0.1) is 0 Å². The summed E-state index contributed by atoms with van der Waals surface area (Å²) in [6.07, 6.45) is -6.48. The third kappa shape index (κ3) is 3.47. The van der Waals surface area contributed by atoms with E-state index < -0.39 is 44.3 Å². The highest BCUT2D eigenvalue weighted by atomic mass is 31.2. The molecular weight excluding hydrogens is 241 g/mol. The van der Waals surface area contributed by atoms with Crippen LogP contribution in [0.5, 0.6) is 0 Å². The Morgan fingerprint density at radius 1 is 1.00 bits per heavy atom. The second-order valence-corrected chi connectivity index (χ2v) is 5.64. The van der Waals surface area contributed by atoms with Crippen LogP contribution in [-0.4, -0.2) is 67.0 Å². The summed E-state index contributed by atoms with van der Waals surface area (Å²) in [5.41, 5.74) is 0. The molecule has 0 aliphatic carbocycles. The number of hydrogen-bond donors (Lipinski definition) is 7. The summed E-state index contributed by atoms with van der Waals surface area (Å²) in [5.74, 6) is 0. The zero-order valence-corrected chi connectivity index (χ0v) is 9.23. The molecule has 1 saturated heterocycles. The fourth-order valence-corrected chi connectivity index (χ4v) is 2.22. The fraction of sp³-hybridized carbons (Fsp3) is 1.00. The lowest BCUT2D eigenvalue weighted by Gasteiger charge is -2.39. The van der Waals surface area contributed by atoms with Gasteiger partial charge in [0, 0.05) is 6.04 Å². The Morgan fingerprint density at radius 3 is 2.06 bits per heavy atom. The molecule has 1 aliphatic heterocycles. The molecule has 96 valence electrons. The van der Waals surface area contributed by atoms with E-state index in [9.17, 15) is 25.0 Å². The number of nitrogens with one attached hydrogen (secondary N) is 1. The van der Waals surface area contributed by atoms with Gasteiger partial charge in [0.15, 0.2) is 0 Å². The van der Waals surface area contributed by atoms with Crippen LogP contribution in [-0.2, 0) is 4.57 Å². The Bertz CT molecular complexity index is 282. The first-order chi connectivity index (χ1) is 7.22. The lowest BCUT2D eigenvalue weighted by atomic mass is 9.93. The zero-order valence-electron chi connectivity index (χ0n) is 8.34. The number of aliphatic hydroxyl groups excluding tert-OH is 4. The van der Waals surface area contributed by atoms with E-state index in [1.165, 1.54) is 0 Å². The maximum Gasteiger partial charge on any atom is 0.325 e. The van der Waals surface area contributed by atoms with Crippen LogP contribution in [0.4, 0.5) is 0 Å². The molecule has 16 heavy (non-hydrogen) atoms. The third-order valence-electron chi connectivity index (χ3n) is 2.55. The van der Waals surface area contributed by atoms with Crippen molar-refractivity contribution in [3.05, 3.63) is 0 Å². The fourth-order valence-electron chi connectivity index (χ4n) is 1.60. The van der Waals surface area contributed by atoms with Crippen molar-refractivity contribution >= 4 is 7.60 Å². The summed E-state index contributed by atoms with van der Waals surface area (Å²) in [6, 6.07) is -0.874. The second-order valence-electron chi connectivity index (χ2n) is 3.87. The summed E-state index contributed by atoms with van der Waals surface area (Å²) in [5, 5.41) is 39.6. The predicted molar refractivity (Wildman–Crippen MR) is 52.5 cm³/mol. The van der Waals surface area contributed by atoms with Gasteiger partial charge in [-0.25, -0.2) is 0 Å². The molecule has 1 rings (SSSR count). The average Bonchev–Trinajstić information content (AvgIpc) is 2.17. The first-order valence-electron chi connectivity index (χ1n) is 4.75. The van der Waals surface area contributed by atoms with Crippen molar-refractivity contribution in [1.29, 1.82) is 0 Å². The topological polar surface area (TPSA) is 150 Å². The minimum absolute atomic E-state index is 0.119. The zero-order chi connectivity index (χ0) is 12.5. The van der Waals surface area contributed by atoms with Gasteiger partial charge < -0.3 is 30.2 Å². The maximum absolute atomic E-state index is 10.6. The van der Waals surface area contributed by atoms with Crippen molar-refractivity contribution in [1.82, 2.24) is 5.32 Å². The van der Waals surface area contributed by atoms with Crippen molar-refractivity contribution in [2.24, 2.45) is 0 Å². The van der Waals surface area contributed by atoms with Crippen LogP contribution in [0.3, 0.4) is 0 Å². The van der Waals surface area contributed by atoms with Crippen LogP contribution >= 0.6 is 7.60 Å². The third-order valence-corrected chi connectivity index (χ3v) is 3.39. The van der Waals surface area contributed by atoms with E-state index in [1.807, 2.05) is 0 Å². The molecule has 0 amide bonds. The normalized spacial score (nSPS) is 41.0. The Kier molecular flexibility index (Phi) is 4.44. The van der Waals surface area contributed by atoms with Gasteiger partial charge in [0.25, 0.3) is 0 Å². The predicted octanol–water partition coefficient (Wildman–Crippen LogP) is -3.07. The molecule has 0 spiro atoms. The Hall–Kier alpha value is -0.0500.